The number of furan rings is 1. The topological polar surface area (TPSA) is 53.8 Å². The van der Waals surface area contributed by atoms with Crippen LogP contribution in [-0.2, 0) is 6.54 Å². The van der Waals surface area contributed by atoms with Crippen molar-refractivity contribution in [3.05, 3.63) is 89.9 Å². The molecule has 0 aliphatic rings. The Hall–Kier alpha value is -3.55. The molecule has 5 nitrogen and oxygen atoms in total. The van der Waals surface area contributed by atoms with Crippen LogP contribution in [0.5, 0.6) is 0 Å². The number of nitrogens with zero attached hydrogens (tertiary/aromatic N) is 2. The first-order valence-corrected chi connectivity index (χ1v) is 9.06. The van der Waals surface area contributed by atoms with E-state index in [9.17, 15) is 22.8 Å². The minimum absolute atomic E-state index is 0.0156. The molecule has 3 rings (SSSR count). The molecule has 0 saturated carbocycles. The highest BCUT2D eigenvalue weighted by Crippen LogP contribution is 2.21. The van der Waals surface area contributed by atoms with Crippen molar-refractivity contribution >= 4 is 17.5 Å². The van der Waals surface area contributed by atoms with Crippen molar-refractivity contribution in [1.82, 2.24) is 4.90 Å². The molecule has 2 amide bonds. The van der Waals surface area contributed by atoms with E-state index >= 15 is 0 Å². The first-order valence-electron chi connectivity index (χ1n) is 9.06. The number of benzene rings is 2. The van der Waals surface area contributed by atoms with E-state index in [2.05, 4.69) is 0 Å². The molecule has 0 unspecified atom stereocenters. The monoisotopic (exact) mass is 416 g/mol. The highest BCUT2D eigenvalue weighted by atomic mass is 19.4. The fourth-order valence-electron chi connectivity index (χ4n) is 2.94. The van der Waals surface area contributed by atoms with E-state index in [4.69, 9.17) is 4.42 Å². The molecule has 0 bridgehead atoms. The molecule has 0 saturated heterocycles. The maximum Gasteiger partial charge on any atom is 0.406 e. The summed E-state index contributed by atoms with van der Waals surface area (Å²) in [5.41, 5.74) is 0.825. The number of carbonyl (C=O) groups is 2. The van der Waals surface area contributed by atoms with Crippen molar-refractivity contribution in [3.8, 4) is 0 Å². The Labute approximate surface area is 171 Å². The van der Waals surface area contributed by atoms with Gasteiger partial charge in [0.15, 0.2) is 0 Å². The lowest BCUT2D eigenvalue weighted by atomic mass is 10.1. The lowest BCUT2D eigenvalue weighted by Crippen LogP contribution is -2.38. The average molecular weight is 416 g/mol. The number of carbonyl (C=O) groups excluding carboxylic acids is 2. The Morgan fingerprint density at radius 2 is 1.57 bits per heavy atom. The van der Waals surface area contributed by atoms with Gasteiger partial charge in [-0.3, -0.25) is 9.59 Å². The van der Waals surface area contributed by atoms with E-state index in [-0.39, 0.29) is 29.3 Å². The van der Waals surface area contributed by atoms with Gasteiger partial charge in [-0.05, 0) is 42.5 Å². The van der Waals surface area contributed by atoms with Gasteiger partial charge in [0.05, 0.1) is 12.8 Å². The highest BCUT2D eigenvalue weighted by Gasteiger charge is 2.34. The van der Waals surface area contributed by atoms with Crippen LogP contribution >= 0.6 is 0 Å². The third-order valence-corrected chi connectivity index (χ3v) is 4.39. The van der Waals surface area contributed by atoms with Gasteiger partial charge in [0.25, 0.3) is 11.8 Å². The molecule has 0 N–H and O–H groups in total. The van der Waals surface area contributed by atoms with Gasteiger partial charge in [0.1, 0.15) is 12.3 Å². The van der Waals surface area contributed by atoms with Crippen LogP contribution in [0.4, 0.5) is 18.9 Å². The summed E-state index contributed by atoms with van der Waals surface area (Å²) in [6.07, 6.45) is -3.26. The van der Waals surface area contributed by atoms with E-state index in [1.807, 2.05) is 6.07 Å². The maximum atomic E-state index is 13.0. The van der Waals surface area contributed by atoms with Crippen molar-refractivity contribution in [3.63, 3.8) is 0 Å². The third kappa shape index (κ3) is 5.28. The molecule has 156 valence electrons. The largest absolute Gasteiger partial charge is 0.467 e. The molecule has 1 heterocycles. The molecule has 2 aromatic carbocycles. The Morgan fingerprint density at radius 3 is 2.17 bits per heavy atom. The summed E-state index contributed by atoms with van der Waals surface area (Å²) >= 11 is 0. The number of hydrogen-bond donors (Lipinski definition) is 0. The van der Waals surface area contributed by atoms with Gasteiger partial charge in [0.2, 0.25) is 0 Å². The molecule has 0 aliphatic carbocycles. The molecule has 1 aromatic heterocycles. The van der Waals surface area contributed by atoms with E-state index in [1.54, 1.807) is 31.3 Å². The van der Waals surface area contributed by atoms with Crippen molar-refractivity contribution in [2.24, 2.45) is 0 Å². The lowest BCUT2D eigenvalue weighted by Gasteiger charge is -2.23. The molecule has 0 atom stereocenters. The Bertz CT molecular complexity index is 1000. The van der Waals surface area contributed by atoms with Gasteiger partial charge in [-0.15, -0.1) is 0 Å². The van der Waals surface area contributed by atoms with Gasteiger partial charge in [-0.2, -0.15) is 13.2 Å². The standard InChI is InChI=1S/C22H19F3N2O3/c1-26(18-9-3-2-4-10-18)20(28)16-7-5-8-17(13-16)21(29)27(15-22(23,24)25)14-19-11-6-12-30-19/h2-13H,14-15H2,1H3. The molecule has 8 heteroatoms. The zero-order valence-electron chi connectivity index (χ0n) is 16.1. The number of alkyl halides is 3. The zero-order valence-corrected chi connectivity index (χ0v) is 16.1. The molecule has 0 fully saturated rings. The first-order chi connectivity index (χ1) is 14.2. The van der Waals surface area contributed by atoms with E-state index < -0.39 is 18.6 Å². The van der Waals surface area contributed by atoms with Crippen LogP contribution in [0, 0.1) is 0 Å². The maximum absolute atomic E-state index is 13.0. The Kier molecular flexibility index (Phi) is 6.25. The highest BCUT2D eigenvalue weighted by molar-refractivity contribution is 6.07. The molecular formula is C22H19F3N2O3. The second-order valence-corrected chi connectivity index (χ2v) is 6.64. The smallest absolute Gasteiger partial charge is 0.406 e. The summed E-state index contributed by atoms with van der Waals surface area (Å²) in [5, 5.41) is 0. The number of rotatable bonds is 6. The van der Waals surface area contributed by atoms with Crippen LogP contribution < -0.4 is 4.90 Å². The molecule has 0 radical (unpaired) electrons. The van der Waals surface area contributed by atoms with E-state index in [0.29, 0.717) is 10.6 Å². The second-order valence-electron chi connectivity index (χ2n) is 6.64. The fraction of sp³-hybridized carbons (Fsp3) is 0.182. The fourth-order valence-corrected chi connectivity index (χ4v) is 2.94. The molecule has 30 heavy (non-hydrogen) atoms. The van der Waals surface area contributed by atoms with E-state index in [1.165, 1.54) is 47.6 Å². The van der Waals surface area contributed by atoms with Crippen molar-refractivity contribution in [2.75, 3.05) is 18.5 Å². The Balaban J connectivity index is 1.84. The summed E-state index contributed by atoms with van der Waals surface area (Å²) in [7, 11) is 1.58. The van der Waals surface area contributed by atoms with Crippen LogP contribution in [0.3, 0.4) is 0 Å². The number of amides is 2. The normalized spacial score (nSPS) is 11.2. The number of anilines is 1. The minimum Gasteiger partial charge on any atom is -0.467 e. The quantitative estimate of drug-likeness (QED) is 0.582. The summed E-state index contributed by atoms with van der Waals surface area (Å²) < 4.78 is 44.2. The van der Waals surface area contributed by atoms with Gasteiger partial charge in [0, 0.05) is 23.9 Å². The van der Waals surface area contributed by atoms with Crippen molar-refractivity contribution < 1.29 is 27.2 Å². The van der Waals surface area contributed by atoms with Crippen molar-refractivity contribution in [2.45, 2.75) is 12.7 Å². The molecule has 0 spiro atoms. The van der Waals surface area contributed by atoms with E-state index in [0.717, 1.165) is 0 Å². The summed E-state index contributed by atoms with van der Waals surface area (Å²) in [5.74, 6) is -1.01. The predicted molar refractivity (Wildman–Crippen MR) is 105 cm³/mol. The summed E-state index contributed by atoms with van der Waals surface area (Å²) in [4.78, 5) is 27.6. The third-order valence-electron chi connectivity index (χ3n) is 4.39. The van der Waals surface area contributed by atoms with Crippen LogP contribution in [-0.4, -0.2) is 36.5 Å². The summed E-state index contributed by atoms with van der Waals surface area (Å²) in [6.45, 7) is -1.78. The van der Waals surface area contributed by atoms with Crippen molar-refractivity contribution in [1.29, 1.82) is 0 Å². The first kappa shape index (κ1) is 21.2. The minimum atomic E-state index is -4.58. The van der Waals surface area contributed by atoms with Crippen LogP contribution in [0.1, 0.15) is 26.5 Å². The molecule has 0 aliphatic heterocycles. The van der Waals surface area contributed by atoms with Gasteiger partial charge >= 0.3 is 6.18 Å². The Morgan fingerprint density at radius 1 is 0.900 bits per heavy atom. The molecular weight excluding hydrogens is 397 g/mol. The van der Waals surface area contributed by atoms with Gasteiger partial charge in [-0.1, -0.05) is 24.3 Å². The number of para-hydroxylation sites is 1. The SMILES string of the molecule is CN(C(=O)c1cccc(C(=O)N(Cc2ccco2)CC(F)(F)F)c1)c1ccccc1. The molecule has 3 aromatic rings. The number of halogens is 3. The number of hydrogen-bond acceptors (Lipinski definition) is 3. The lowest BCUT2D eigenvalue weighted by molar-refractivity contribution is -0.142. The van der Waals surface area contributed by atoms with Crippen LogP contribution in [0.25, 0.3) is 0 Å². The summed E-state index contributed by atoms with van der Waals surface area (Å²) in [6, 6.07) is 17.6. The second kappa shape index (κ2) is 8.86. The van der Waals surface area contributed by atoms with Crippen LogP contribution in [0.2, 0.25) is 0 Å². The van der Waals surface area contributed by atoms with Gasteiger partial charge < -0.3 is 14.2 Å². The van der Waals surface area contributed by atoms with Crippen LogP contribution in [0.15, 0.2) is 77.4 Å². The zero-order chi connectivity index (χ0) is 21.7. The average Bonchev–Trinajstić information content (AvgIpc) is 3.24. The van der Waals surface area contributed by atoms with Gasteiger partial charge in [-0.25, -0.2) is 0 Å². The predicted octanol–water partition coefficient (Wildman–Crippen LogP) is 4.76.